The van der Waals surface area contributed by atoms with Crippen molar-refractivity contribution < 1.29 is 29.0 Å². The number of phenolic OH excluding ortho intramolecular Hbond substituents is 1. The zero-order chi connectivity index (χ0) is 33.5. The standard InChI is InChI=1S/C36H56N4O6/c1-25-26(2)34-29(27(3)33(25)43)17-20-36(4,46-34)19-15-13-11-9-7-6-8-10-12-14-16-31(41)38-21-18-32(42)40-30(35(44)45-5)22-28-23-37-24-39-28/h23-24,30,43H,6-22H2,1-5H3,(H,37,39)(H,38,41)(H,40,42)/t30?,36-/m1/s1. The highest BCUT2D eigenvalue weighted by molar-refractivity contribution is 5.85. The monoisotopic (exact) mass is 640 g/mol. The molecule has 3 rings (SSSR count). The third-order valence-corrected chi connectivity index (χ3v) is 9.42. The molecule has 0 aliphatic carbocycles. The van der Waals surface area contributed by atoms with Crippen molar-refractivity contribution in [2.75, 3.05) is 13.7 Å². The van der Waals surface area contributed by atoms with Crippen LogP contribution in [0.25, 0.3) is 0 Å². The number of imidazole rings is 1. The Morgan fingerprint density at radius 1 is 0.957 bits per heavy atom. The summed E-state index contributed by atoms with van der Waals surface area (Å²) >= 11 is 0. The molecule has 256 valence electrons. The van der Waals surface area contributed by atoms with Gasteiger partial charge in [0.2, 0.25) is 11.8 Å². The Labute approximate surface area is 274 Å². The Morgan fingerprint density at radius 2 is 1.61 bits per heavy atom. The number of ether oxygens (including phenoxy) is 2. The maximum atomic E-state index is 12.3. The second-order valence-corrected chi connectivity index (χ2v) is 13.1. The van der Waals surface area contributed by atoms with Crippen LogP contribution in [0.15, 0.2) is 12.5 Å². The predicted molar refractivity (Wildman–Crippen MR) is 179 cm³/mol. The van der Waals surface area contributed by atoms with E-state index in [4.69, 9.17) is 9.47 Å². The van der Waals surface area contributed by atoms with Gasteiger partial charge in [0.1, 0.15) is 23.1 Å². The molecule has 10 heteroatoms. The van der Waals surface area contributed by atoms with Crippen LogP contribution < -0.4 is 15.4 Å². The number of fused-ring (bicyclic) bond motifs is 1. The van der Waals surface area contributed by atoms with E-state index in [1.165, 1.54) is 63.9 Å². The maximum absolute atomic E-state index is 12.3. The molecule has 4 N–H and O–H groups in total. The summed E-state index contributed by atoms with van der Waals surface area (Å²) in [5.74, 6) is 0.499. The number of H-pyrrole nitrogens is 1. The first kappa shape index (κ1) is 36.9. The first-order valence-corrected chi connectivity index (χ1v) is 17.2. The van der Waals surface area contributed by atoms with Gasteiger partial charge >= 0.3 is 5.97 Å². The van der Waals surface area contributed by atoms with Gasteiger partial charge < -0.3 is 30.2 Å². The van der Waals surface area contributed by atoms with Crippen molar-refractivity contribution >= 4 is 17.8 Å². The van der Waals surface area contributed by atoms with Crippen LogP contribution in [0.2, 0.25) is 0 Å². The van der Waals surface area contributed by atoms with Crippen LogP contribution in [0.5, 0.6) is 11.5 Å². The number of hydrogen-bond acceptors (Lipinski definition) is 7. The topological polar surface area (TPSA) is 143 Å². The SMILES string of the molecule is COC(=O)C(Cc1c[nH]cn1)NC(=O)CCNC(=O)CCCCCCCCCCCC[C@]1(C)CCc2c(C)c(O)c(C)c(C)c2O1. The summed E-state index contributed by atoms with van der Waals surface area (Å²) in [6, 6.07) is -0.822. The van der Waals surface area contributed by atoms with Crippen LogP contribution in [0.1, 0.15) is 125 Å². The van der Waals surface area contributed by atoms with Crippen molar-refractivity contribution in [2.45, 2.75) is 142 Å². The molecule has 46 heavy (non-hydrogen) atoms. The Bertz CT molecular complexity index is 1280. The van der Waals surface area contributed by atoms with E-state index in [0.717, 1.165) is 61.0 Å². The van der Waals surface area contributed by atoms with Crippen molar-refractivity contribution in [3.8, 4) is 11.5 Å². The van der Waals surface area contributed by atoms with E-state index in [0.29, 0.717) is 17.9 Å². The van der Waals surface area contributed by atoms with Gasteiger partial charge in [-0.05, 0) is 76.5 Å². The van der Waals surface area contributed by atoms with E-state index in [9.17, 15) is 19.5 Å². The van der Waals surface area contributed by atoms with Crippen molar-refractivity contribution in [3.63, 3.8) is 0 Å². The van der Waals surface area contributed by atoms with Gasteiger partial charge in [0.05, 0.1) is 19.1 Å². The number of nitrogens with zero attached hydrogens (tertiary/aromatic N) is 1. The second-order valence-electron chi connectivity index (χ2n) is 13.1. The number of carbonyl (C=O) groups is 3. The number of rotatable bonds is 20. The van der Waals surface area contributed by atoms with Gasteiger partial charge in [0, 0.05) is 37.6 Å². The lowest BCUT2D eigenvalue weighted by Crippen LogP contribution is -2.44. The van der Waals surface area contributed by atoms with Gasteiger partial charge in [-0.1, -0.05) is 51.4 Å². The Kier molecular flexibility index (Phi) is 14.9. The Hall–Kier alpha value is -3.56. The predicted octanol–water partition coefficient (Wildman–Crippen LogP) is 6.21. The number of aromatic nitrogens is 2. The van der Waals surface area contributed by atoms with Gasteiger partial charge in [-0.15, -0.1) is 0 Å². The number of methoxy groups -OCH3 is 1. The van der Waals surface area contributed by atoms with E-state index < -0.39 is 12.0 Å². The number of hydrogen-bond donors (Lipinski definition) is 4. The van der Waals surface area contributed by atoms with Crippen LogP contribution in [0.3, 0.4) is 0 Å². The van der Waals surface area contributed by atoms with Gasteiger partial charge in [0.15, 0.2) is 0 Å². The first-order valence-electron chi connectivity index (χ1n) is 17.2. The first-order chi connectivity index (χ1) is 22.0. The maximum Gasteiger partial charge on any atom is 0.328 e. The minimum atomic E-state index is -0.822. The van der Waals surface area contributed by atoms with E-state index in [-0.39, 0.29) is 36.8 Å². The fourth-order valence-electron chi connectivity index (χ4n) is 6.29. The van der Waals surface area contributed by atoms with Crippen molar-refractivity contribution in [3.05, 3.63) is 40.5 Å². The van der Waals surface area contributed by atoms with E-state index >= 15 is 0 Å². The van der Waals surface area contributed by atoms with Gasteiger partial charge in [0.25, 0.3) is 0 Å². The number of carbonyl (C=O) groups excluding carboxylic acids is 3. The van der Waals surface area contributed by atoms with Crippen LogP contribution in [0.4, 0.5) is 0 Å². The number of esters is 1. The summed E-state index contributed by atoms with van der Waals surface area (Å²) in [7, 11) is 1.28. The van der Waals surface area contributed by atoms with Gasteiger partial charge in [-0.2, -0.15) is 0 Å². The molecule has 0 radical (unpaired) electrons. The second kappa shape index (κ2) is 18.6. The van der Waals surface area contributed by atoms with E-state index in [2.05, 4.69) is 34.4 Å². The summed E-state index contributed by atoms with van der Waals surface area (Å²) in [5.41, 5.74) is 4.65. The van der Waals surface area contributed by atoms with Crippen molar-refractivity contribution in [2.24, 2.45) is 0 Å². The molecule has 1 aromatic heterocycles. The lowest BCUT2D eigenvalue weighted by atomic mass is 9.84. The molecule has 1 aliphatic heterocycles. The molecule has 10 nitrogen and oxygen atoms in total. The highest BCUT2D eigenvalue weighted by Gasteiger charge is 2.34. The number of amides is 2. The summed E-state index contributed by atoms with van der Waals surface area (Å²) < 4.78 is 11.4. The summed E-state index contributed by atoms with van der Waals surface area (Å²) in [6.45, 7) is 8.49. The van der Waals surface area contributed by atoms with Crippen molar-refractivity contribution in [1.29, 1.82) is 0 Å². The molecular weight excluding hydrogens is 584 g/mol. The van der Waals surface area contributed by atoms with E-state index in [1.54, 1.807) is 6.20 Å². The smallest absolute Gasteiger partial charge is 0.328 e. The van der Waals surface area contributed by atoms with Gasteiger partial charge in [-0.25, -0.2) is 9.78 Å². The molecule has 2 heterocycles. The Morgan fingerprint density at radius 3 is 2.24 bits per heavy atom. The number of unbranched alkanes of at least 4 members (excludes halogenated alkanes) is 9. The number of nitrogens with one attached hydrogen (secondary N) is 3. The average Bonchev–Trinajstić information content (AvgIpc) is 3.55. The molecule has 0 fully saturated rings. The molecular formula is C36H56N4O6. The van der Waals surface area contributed by atoms with Crippen LogP contribution in [-0.2, 0) is 32.0 Å². The molecule has 0 saturated heterocycles. The number of phenols is 1. The average molecular weight is 641 g/mol. The van der Waals surface area contributed by atoms with Crippen LogP contribution in [-0.4, -0.2) is 58.2 Å². The molecule has 2 amide bonds. The fraction of sp³-hybridized carbons (Fsp3) is 0.667. The summed E-state index contributed by atoms with van der Waals surface area (Å²) in [5, 5.41) is 15.9. The Balaban J connectivity index is 1.15. The molecule has 0 spiro atoms. The summed E-state index contributed by atoms with van der Waals surface area (Å²) in [6.07, 6.45) is 18.6. The molecule has 1 aromatic carbocycles. The lowest BCUT2D eigenvalue weighted by Gasteiger charge is -2.38. The van der Waals surface area contributed by atoms with Crippen molar-refractivity contribution in [1.82, 2.24) is 20.6 Å². The highest BCUT2D eigenvalue weighted by atomic mass is 16.5. The zero-order valence-electron chi connectivity index (χ0n) is 28.7. The normalized spacial score (nSPS) is 16.3. The van der Waals surface area contributed by atoms with Crippen LogP contribution >= 0.6 is 0 Å². The molecule has 0 bridgehead atoms. The fourth-order valence-corrected chi connectivity index (χ4v) is 6.29. The number of aromatic amines is 1. The minimum absolute atomic E-state index is 0.0507. The number of aromatic hydroxyl groups is 1. The summed E-state index contributed by atoms with van der Waals surface area (Å²) in [4.78, 5) is 43.3. The quantitative estimate of drug-likeness (QED) is 0.0995. The molecule has 1 aliphatic rings. The molecule has 1 unspecified atom stereocenters. The minimum Gasteiger partial charge on any atom is -0.507 e. The molecule has 0 saturated carbocycles. The highest BCUT2D eigenvalue weighted by Crippen LogP contribution is 2.44. The zero-order valence-corrected chi connectivity index (χ0v) is 28.7. The molecule has 2 aromatic rings. The van der Waals surface area contributed by atoms with Gasteiger partial charge in [-0.3, -0.25) is 9.59 Å². The lowest BCUT2D eigenvalue weighted by molar-refractivity contribution is -0.145. The van der Waals surface area contributed by atoms with E-state index in [1.807, 2.05) is 13.8 Å². The number of benzene rings is 1. The largest absolute Gasteiger partial charge is 0.507 e. The molecule has 2 atom stereocenters. The third kappa shape index (κ3) is 11.4. The van der Waals surface area contributed by atoms with Crippen LogP contribution in [0, 0.1) is 20.8 Å². The third-order valence-electron chi connectivity index (χ3n) is 9.42.